The summed E-state index contributed by atoms with van der Waals surface area (Å²) in [5.41, 5.74) is 0.898. The van der Waals surface area contributed by atoms with Gasteiger partial charge >= 0.3 is 0 Å². The molecule has 0 aliphatic carbocycles. The molecule has 0 radical (unpaired) electrons. The molecule has 1 aromatic heterocycles. The molecule has 0 aliphatic rings. The molecular weight excluding hydrogens is 285 g/mol. The fourth-order valence-electron chi connectivity index (χ4n) is 1.51. The number of nitrogens with one attached hydrogen (secondary N) is 1. The number of hydrogen-bond donors (Lipinski definition) is 1. The van der Waals surface area contributed by atoms with Gasteiger partial charge < -0.3 is 4.52 Å². The second-order valence-corrected chi connectivity index (χ2v) is 4.67. The zero-order valence-electron chi connectivity index (χ0n) is 9.99. The van der Waals surface area contributed by atoms with E-state index in [0.717, 1.165) is 5.56 Å². The Kier molecular flexibility index (Phi) is 4.80. The lowest BCUT2D eigenvalue weighted by molar-refractivity contribution is 0.366. The first-order valence-corrected chi connectivity index (χ1v) is 6.34. The summed E-state index contributed by atoms with van der Waals surface area (Å²) >= 11 is 11.9. The smallest absolute Gasteiger partial charge is 0.240 e. The van der Waals surface area contributed by atoms with Gasteiger partial charge in [-0.1, -0.05) is 40.3 Å². The SMILES string of the molecule is C#CCNCc1nc(Cc2ccc(Cl)cc2Cl)no1. The van der Waals surface area contributed by atoms with Crippen LogP contribution in [0.1, 0.15) is 17.3 Å². The second kappa shape index (κ2) is 6.58. The molecule has 1 heterocycles. The van der Waals surface area contributed by atoms with Gasteiger partial charge in [0.2, 0.25) is 5.89 Å². The van der Waals surface area contributed by atoms with E-state index in [0.29, 0.717) is 41.3 Å². The number of hydrogen-bond acceptors (Lipinski definition) is 4. The lowest BCUT2D eigenvalue weighted by Crippen LogP contribution is -2.13. The molecule has 2 aromatic rings. The summed E-state index contributed by atoms with van der Waals surface area (Å²) < 4.78 is 5.09. The van der Waals surface area contributed by atoms with Gasteiger partial charge in [0.1, 0.15) is 0 Å². The number of halogens is 2. The van der Waals surface area contributed by atoms with E-state index in [1.165, 1.54) is 0 Å². The lowest BCUT2D eigenvalue weighted by atomic mass is 10.1. The van der Waals surface area contributed by atoms with Crippen molar-refractivity contribution in [3.63, 3.8) is 0 Å². The van der Waals surface area contributed by atoms with Crippen LogP contribution in [0.4, 0.5) is 0 Å². The molecule has 4 nitrogen and oxygen atoms in total. The Morgan fingerprint density at radius 1 is 1.37 bits per heavy atom. The van der Waals surface area contributed by atoms with E-state index in [4.69, 9.17) is 34.1 Å². The van der Waals surface area contributed by atoms with Gasteiger partial charge in [-0.3, -0.25) is 5.32 Å². The Labute approximate surface area is 121 Å². The first kappa shape index (κ1) is 13.9. The summed E-state index contributed by atoms with van der Waals surface area (Å²) in [7, 11) is 0. The third kappa shape index (κ3) is 3.97. The normalized spacial score (nSPS) is 10.4. The number of terminal acetylenes is 1. The second-order valence-electron chi connectivity index (χ2n) is 3.82. The van der Waals surface area contributed by atoms with E-state index in [9.17, 15) is 0 Å². The Morgan fingerprint density at radius 2 is 2.21 bits per heavy atom. The molecule has 98 valence electrons. The highest BCUT2D eigenvalue weighted by Crippen LogP contribution is 2.22. The summed E-state index contributed by atoms with van der Waals surface area (Å²) in [6, 6.07) is 5.31. The molecule has 0 atom stereocenters. The molecule has 2 rings (SSSR count). The van der Waals surface area contributed by atoms with Crippen molar-refractivity contribution in [2.75, 3.05) is 6.54 Å². The first-order chi connectivity index (χ1) is 9.19. The largest absolute Gasteiger partial charge is 0.338 e. The molecule has 0 bridgehead atoms. The van der Waals surface area contributed by atoms with Crippen LogP contribution in [-0.2, 0) is 13.0 Å². The van der Waals surface area contributed by atoms with Gasteiger partial charge in [0.15, 0.2) is 5.82 Å². The fourth-order valence-corrected chi connectivity index (χ4v) is 1.99. The monoisotopic (exact) mass is 295 g/mol. The molecule has 0 fully saturated rings. The average Bonchev–Trinajstić information content (AvgIpc) is 2.81. The summed E-state index contributed by atoms with van der Waals surface area (Å²) in [5.74, 6) is 3.53. The Bertz CT molecular complexity index is 604. The predicted octanol–water partition coefficient (Wildman–Crippen LogP) is 2.69. The molecule has 0 amide bonds. The zero-order valence-corrected chi connectivity index (χ0v) is 11.5. The van der Waals surface area contributed by atoms with Crippen molar-refractivity contribution in [2.45, 2.75) is 13.0 Å². The van der Waals surface area contributed by atoms with Crippen LogP contribution in [0.15, 0.2) is 22.7 Å². The summed E-state index contributed by atoms with van der Waals surface area (Å²) in [5, 5.41) is 8.04. The van der Waals surface area contributed by atoms with Gasteiger partial charge in [-0.05, 0) is 17.7 Å². The van der Waals surface area contributed by atoms with E-state index < -0.39 is 0 Å². The number of aromatic nitrogens is 2. The number of rotatable bonds is 5. The Balaban J connectivity index is 2.01. The molecule has 0 unspecified atom stereocenters. The highest BCUT2D eigenvalue weighted by atomic mass is 35.5. The van der Waals surface area contributed by atoms with Crippen molar-refractivity contribution in [3.05, 3.63) is 45.5 Å². The molecule has 1 N–H and O–H groups in total. The minimum absolute atomic E-state index is 0.450. The van der Waals surface area contributed by atoms with E-state index in [1.54, 1.807) is 12.1 Å². The minimum Gasteiger partial charge on any atom is -0.338 e. The van der Waals surface area contributed by atoms with E-state index >= 15 is 0 Å². The third-order valence-corrected chi connectivity index (χ3v) is 2.96. The Morgan fingerprint density at radius 3 is 2.95 bits per heavy atom. The average molecular weight is 296 g/mol. The molecule has 0 spiro atoms. The van der Waals surface area contributed by atoms with Crippen molar-refractivity contribution in [1.29, 1.82) is 0 Å². The maximum Gasteiger partial charge on any atom is 0.240 e. The topological polar surface area (TPSA) is 51.0 Å². The standard InChI is InChI=1S/C13H11Cl2N3O/c1-2-5-16-8-13-17-12(18-19-13)6-9-3-4-10(14)7-11(9)15/h1,3-4,7,16H,5-6,8H2. The zero-order chi connectivity index (χ0) is 13.7. The van der Waals surface area contributed by atoms with Crippen LogP contribution in [0, 0.1) is 12.3 Å². The van der Waals surface area contributed by atoms with Gasteiger partial charge in [0, 0.05) is 16.5 Å². The van der Waals surface area contributed by atoms with E-state index in [1.807, 2.05) is 6.07 Å². The summed E-state index contributed by atoms with van der Waals surface area (Å²) in [6.07, 6.45) is 5.62. The van der Waals surface area contributed by atoms with Crippen molar-refractivity contribution < 1.29 is 4.52 Å². The first-order valence-electron chi connectivity index (χ1n) is 5.58. The molecule has 6 heteroatoms. The van der Waals surface area contributed by atoms with Gasteiger partial charge in [0.05, 0.1) is 13.1 Å². The lowest BCUT2D eigenvalue weighted by Gasteiger charge is -2.00. The number of benzene rings is 1. The van der Waals surface area contributed by atoms with Crippen LogP contribution in [-0.4, -0.2) is 16.7 Å². The molecule has 1 aromatic carbocycles. The van der Waals surface area contributed by atoms with Crippen LogP contribution < -0.4 is 5.32 Å². The van der Waals surface area contributed by atoms with E-state index in [-0.39, 0.29) is 0 Å². The van der Waals surface area contributed by atoms with Gasteiger partial charge in [0.25, 0.3) is 0 Å². The van der Waals surface area contributed by atoms with Crippen molar-refractivity contribution in [1.82, 2.24) is 15.5 Å². The molecule has 0 saturated carbocycles. The van der Waals surface area contributed by atoms with Crippen molar-refractivity contribution >= 4 is 23.2 Å². The maximum atomic E-state index is 6.08. The molecule has 19 heavy (non-hydrogen) atoms. The van der Waals surface area contributed by atoms with Crippen LogP contribution in [0.3, 0.4) is 0 Å². The van der Waals surface area contributed by atoms with Crippen molar-refractivity contribution in [3.8, 4) is 12.3 Å². The van der Waals surface area contributed by atoms with Crippen LogP contribution in [0.25, 0.3) is 0 Å². The quantitative estimate of drug-likeness (QED) is 0.681. The van der Waals surface area contributed by atoms with Gasteiger partial charge in [-0.2, -0.15) is 4.98 Å². The van der Waals surface area contributed by atoms with Crippen molar-refractivity contribution in [2.24, 2.45) is 0 Å². The summed E-state index contributed by atoms with van der Waals surface area (Å²) in [6.45, 7) is 0.909. The van der Waals surface area contributed by atoms with Crippen LogP contribution in [0.5, 0.6) is 0 Å². The minimum atomic E-state index is 0.450. The third-order valence-electron chi connectivity index (χ3n) is 2.38. The van der Waals surface area contributed by atoms with Gasteiger partial charge in [-0.25, -0.2) is 0 Å². The van der Waals surface area contributed by atoms with Crippen LogP contribution in [0.2, 0.25) is 10.0 Å². The van der Waals surface area contributed by atoms with Crippen LogP contribution >= 0.6 is 23.2 Å². The number of nitrogens with zero attached hydrogens (tertiary/aromatic N) is 2. The highest BCUT2D eigenvalue weighted by Gasteiger charge is 2.09. The highest BCUT2D eigenvalue weighted by molar-refractivity contribution is 6.35. The summed E-state index contributed by atoms with van der Waals surface area (Å²) in [4.78, 5) is 4.24. The fraction of sp³-hybridized carbons (Fsp3) is 0.231. The molecule has 0 aliphatic heterocycles. The van der Waals surface area contributed by atoms with Gasteiger partial charge in [-0.15, -0.1) is 6.42 Å². The Hall–Kier alpha value is -1.54. The molecular formula is C13H11Cl2N3O. The maximum absolute atomic E-state index is 6.08. The van der Waals surface area contributed by atoms with E-state index in [2.05, 4.69) is 21.4 Å². The molecule has 0 saturated heterocycles. The predicted molar refractivity (Wildman–Crippen MR) is 74.1 cm³/mol.